The van der Waals surface area contributed by atoms with Crippen LogP contribution in [0.4, 0.5) is 5.69 Å². The van der Waals surface area contributed by atoms with Crippen LogP contribution in [0.25, 0.3) is 5.69 Å². The van der Waals surface area contributed by atoms with Crippen molar-refractivity contribution in [3.05, 3.63) is 80.2 Å². The molecule has 1 heterocycles. The second-order valence-corrected chi connectivity index (χ2v) is 6.37. The topological polar surface area (TPSA) is 62.2 Å². The van der Waals surface area contributed by atoms with Crippen molar-refractivity contribution in [2.75, 3.05) is 5.43 Å². The number of nitrogens with zero attached hydrogens (tertiary/aromatic N) is 2. The van der Waals surface area contributed by atoms with Crippen LogP contribution in [0.2, 0.25) is 5.02 Å². The number of hydrogen-bond acceptors (Lipinski definition) is 3. The summed E-state index contributed by atoms with van der Waals surface area (Å²) in [7, 11) is 0. The summed E-state index contributed by atoms with van der Waals surface area (Å²) in [6.45, 7) is 5.95. The van der Waals surface area contributed by atoms with Gasteiger partial charge in [0.1, 0.15) is 0 Å². The van der Waals surface area contributed by atoms with E-state index < -0.39 is 0 Å². The molecule has 0 radical (unpaired) electrons. The summed E-state index contributed by atoms with van der Waals surface area (Å²) >= 11 is 5.90. The average molecular weight is 355 g/mol. The summed E-state index contributed by atoms with van der Waals surface area (Å²) in [5.74, 6) is 0. The molecule has 0 unspecified atom stereocenters. The van der Waals surface area contributed by atoms with Gasteiger partial charge >= 0.3 is 0 Å². The van der Waals surface area contributed by atoms with Crippen molar-refractivity contribution in [3.63, 3.8) is 0 Å². The Kier molecular flexibility index (Phi) is 4.76. The third kappa shape index (κ3) is 3.67. The van der Waals surface area contributed by atoms with Gasteiger partial charge in [-0.2, -0.15) is 5.10 Å². The predicted octanol–water partition coefficient (Wildman–Crippen LogP) is 4.19. The van der Waals surface area contributed by atoms with E-state index in [9.17, 15) is 4.79 Å². The summed E-state index contributed by atoms with van der Waals surface area (Å²) in [5, 5.41) is 7.88. The Morgan fingerprint density at radius 3 is 2.48 bits per heavy atom. The fourth-order valence-corrected chi connectivity index (χ4v) is 2.59. The minimum Gasteiger partial charge on any atom is -0.295 e. The van der Waals surface area contributed by atoms with Crippen molar-refractivity contribution in [1.82, 2.24) is 9.78 Å². The molecule has 6 heteroatoms. The molecule has 0 aliphatic carbocycles. The van der Waals surface area contributed by atoms with Crippen LogP contribution in [0.15, 0.2) is 52.4 Å². The molecule has 0 fully saturated rings. The highest BCUT2D eigenvalue weighted by Crippen LogP contribution is 2.14. The zero-order valence-electron chi connectivity index (χ0n) is 14.3. The maximum absolute atomic E-state index is 12.6. The molecule has 0 saturated carbocycles. The van der Waals surface area contributed by atoms with Crippen molar-refractivity contribution in [2.45, 2.75) is 20.8 Å². The average Bonchev–Trinajstić information content (AvgIpc) is 2.87. The van der Waals surface area contributed by atoms with Gasteiger partial charge in [0.15, 0.2) is 0 Å². The highest BCUT2D eigenvalue weighted by atomic mass is 35.5. The fourth-order valence-electron chi connectivity index (χ4n) is 2.47. The second kappa shape index (κ2) is 6.99. The summed E-state index contributed by atoms with van der Waals surface area (Å²) < 4.78 is 1.48. The third-order valence-electron chi connectivity index (χ3n) is 4.10. The van der Waals surface area contributed by atoms with Crippen LogP contribution >= 0.6 is 11.6 Å². The second-order valence-electron chi connectivity index (χ2n) is 5.94. The summed E-state index contributed by atoms with van der Waals surface area (Å²) in [6.07, 6.45) is 1.54. The molecule has 1 aromatic heterocycles. The van der Waals surface area contributed by atoms with E-state index in [0.717, 1.165) is 17.1 Å². The predicted molar refractivity (Wildman–Crippen MR) is 103 cm³/mol. The molecular formula is C19H19ClN4O. The molecule has 2 N–H and O–H groups in total. The molecule has 2 aromatic carbocycles. The van der Waals surface area contributed by atoms with Crippen LogP contribution < -0.4 is 11.0 Å². The fraction of sp³-hybridized carbons (Fsp3) is 0.158. The van der Waals surface area contributed by atoms with Gasteiger partial charge in [-0.15, -0.1) is 0 Å². The van der Waals surface area contributed by atoms with Gasteiger partial charge in [-0.1, -0.05) is 17.7 Å². The standard InChI is InChI=1S/C19H19ClN4O/c1-12-4-7-16(10-13(12)2)22-21-11-18-14(3)23-24(19(18)25)17-8-5-15(20)6-9-17/h4-11,22-23H,1-3H3/b21-11+. The molecule has 0 saturated heterocycles. The number of halogens is 1. The first kappa shape index (κ1) is 17.0. The first-order chi connectivity index (χ1) is 12.0. The van der Waals surface area contributed by atoms with E-state index in [-0.39, 0.29) is 5.56 Å². The Balaban J connectivity index is 1.84. The largest absolute Gasteiger partial charge is 0.295 e. The molecule has 3 aromatic rings. The third-order valence-corrected chi connectivity index (χ3v) is 4.35. The Bertz CT molecular complexity index is 984. The molecular weight excluding hydrogens is 336 g/mol. The highest BCUT2D eigenvalue weighted by Gasteiger charge is 2.10. The van der Waals surface area contributed by atoms with Gasteiger partial charge in [0.25, 0.3) is 5.56 Å². The lowest BCUT2D eigenvalue weighted by Crippen LogP contribution is -2.17. The zero-order valence-corrected chi connectivity index (χ0v) is 15.1. The summed E-state index contributed by atoms with van der Waals surface area (Å²) in [4.78, 5) is 12.6. The smallest absolute Gasteiger partial charge is 0.280 e. The van der Waals surface area contributed by atoms with Gasteiger partial charge in [0.2, 0.25) is 0 Å². The number of aromatic nitrogens is 2. The van der Waals surface area contributed by atoms with Gasteiger partial charge in [0, 0.05) is 10.7 Å². The molecule has 0 spiro atoms. The molecule has 0 aliphatic rings. The minimum atomic E-state index is -0.162. The lowest BCUT2D eigenvalue weighted by Gasteiger charge is -2.03. The normalized spacial score (nSPS) is 11.2. The van der Waals surface area contributed by atoms with Crippen LogP contribution in [-0.4, -0.2) is 16.0 Å². The zero-order chi connectivity index (χ0) is 18.0. The van der Waals surface area contributed by atoms with E-state index in [2.05, 4.69) is 22.5 Å². The Morgan fingerprint density at radius 1 is 1.08 bits per heavy atom. The molecule has 5 nitrogen and oxygen atoms in total. The van der Waals surface area contributed by atoms with E-state index in [4.69, 9.17) is 11.6 Å². The first-order valence-electron chi connectivity index (χ1n) is 7.89. The minimum absolute atomic E-state index is 0.162. The number of benzene rings is 2. The van der Waals surface area contributed by atoms with Crippen LogP contribution in [-0.2, 0) is 0 Å². The number of hydrogen-bond donors (Lipinski definition) is 2. The Morgan fingerprint density at radius 2 is 1.80 bits per heavy atom. The maximum atomic E-state index is 12.6. The number of aryl methyl sites for hydroxylation is 3. The number of H-pyrrole nitrogens is 1. The van der Waals surface area contributed by atoms with E-state index in [1.54, 1.807) is 24.3 Å². The maximum Gasteiger partial charge on any atom is 0.280 e. The van der Waals surface area contributed by atoms with Crippen LogP contribution in [0.1, 0.15) is 22.4 Å². The van der Waals surface area contributed by atoms with E-state index in [0.29, 0.717) is 10.6 Å². The first-order valence-corrected chi connectivity index (χ1v) is 8.27. The summed E-state index contributed by atoms with van der Waals surface area (Å²) in [6, 6.07) is 13.1. The lowest BCUT2D eigenvalue weighted by atomic mass is 10.1. The number of aromatic amines is 1. The Hall–Kier alpha value is -2.79. The van der Waals surface area contributed by atoms with Crippen molar-refractivity contribution in [3.8, 4) is 5.69 Å². The molecule has 3 rings (SSSR count). The number of rotatable bonds is 4. The van der Waals surface area contributed by atoms with E-state index in [1.807, 2.05) is 32.0 Å². The van der Waals surface area contributed by atoms with Crippen molar-refractivity contribution >= 4 is 23.5 Å². The van der Waals surface area contributed by atoms with Crippen LogP contribution in [0.3, 0.4) is 0 Å². The summed E-state index contributed by atoms with van der Waals surface area (Å²) in [5.41, 5.74) is 8.06. The van der Waals surface area contributed by atoms with Gasteiger partial charge < -0.3 is 0 Å². The van der Waals surface area contributed by atoms with Crippen molar-refractivity contribution in [1.29, 1.82) is 0 Å². The number of hydrazone groups is 1. The monoisotopic (exact) mass is 354 g/mol. The Labute approximate surface area is 150 Å². The van der Waals surface area contributed by atoms with E-state index >= 15 is 0 Å². The molecule has 0 bridgehead atoms. The van der Waals surface area contributed by atoms with Gasteiger partial charge in [-0.05, 0) is 68.3 Å². The quantitative estimate of drug-likeness (QED) is 0.545. The van der Waals surface area contributed by atoms with Gasteiger partial charge in [0.05, 0.1) is 23.2 Å². The van der Waals surface area contributed by atoms with Crippen LogP contribution in [0.5, 0.6) is 0 Å². The number of anilines is 1. The van der Waals surface area contributed by atoms with E-state index in [1.165, 1.54) is 22.0 Å². The van der Waals surface area contributed by atoms with Gasteiger partial charge in [-0.25, -0.2) is 4.68 Å². The van der Waals surface area contributed by atoms with Crippen molar-refractivity contribution in [2.24, 2.45) is 5.10 Å². The van der Waals surface area contributed by atoms with Crippen LogP contribution in [0, 0.1) is 20.8 Å². The molecule has 0 aliphatic heterocycles. The molecule has 0 amide bonds. The molecule has 0 atom stereocenters. The SMILES string of the molecule is Cc1ccc(N/N=C/c2c(C)[nH]n(-c3ccc(Cl)cc3)c2=O)cc1C. The highest BCUT2D eigenvalue weighted by molar-refractivity contribution is 6.30. The van der Waals surface area contributed by atoms with Gasteiger partial charge in [-0.3, -0.25) is 15.3 Å². The lowest BCUT2D eigenvalue weighted by molar-refractivity contribution is 0.835. The molecule has 128 valence electrons. The van der Waals surface area contributed by atoms with Crippen molar-refractivity contribution < 1.29 is 0 Å². The molecule has 25 heavy (non-hydrogen) atoms. The number of nitrogens with one attached hydrogen (secondary N) is 2.